The van der Waals surface area contributed by atoms with Crippen LogP contribution in [0.25, 0.3) is 10.2 Å². The molecule has 18 heavy (non-hydrogen) atoms. The van der Waals surface area contributed by atoms with Gasteiger partial charge in [0.25, 0.3) is 0 Å². The summed E-state index contributed by atoms with van der Waals surface area (Å²) in [4.78, 5) is 8.79. The van der Waals surface area contributed by atoms with Crippen molar-refractivity contribution in [3.8, 4) is 0 Å². The van der Waals surface area contributed by atoms with E-state index < -0.39 is 0 Å². The molecule has 2 aromatic rings. The van der Waals surface area contributed by atoms with E-state index in [2.05, 4.69) is 54.1 Å². The summed E-state index contributed by atoms with van der Waals surface area (Å²) >= 11 is 1.55. The lowest BCUT2D eigenvalue weighted by Crippen LogP contribution is -2.28. The van der Waals surface area contributed by atoms with Gasteiger partial charge in [-0.15, -0.1) is 0 Å². The fourth-order valence-corrected chi connectivity index (χ4v) is 2.64. The van der Waals surface area contributed by atoms with E-state index in [1.165, 1.54) is 10.3 Å². The van der Waals surface area contributed by atoms with Crippen LogP contribution >= 0.6 is 11.3 Å². The van der Waals surface area contributed by atoms with E-state index in [1.54, 1.807) is 11.3 Å². The van der Waals surface area contributed by atoms with Crippen LogP contribution in [0.3, 0.4) is 0 Å². The molecule has 0 spiro atoms. The second-order valence-corrected chi connectivity index (χ2v) is 5.96. The molecular formula is C13H20N4S. The molecule has 0 amide bonds. The van der Waals surface area contributed by atoms with E-state index in [-0.39, 0.29) is 0 Å². The minimum Gasteiger partial charge on any atom is -0.375 e. The molecule has 5 heteroatoms. The molecule has 1 aromatic heterocycles. The van der Waals surface area contributed by atoms with E-state index in [0.717, 1.165) is 25.2 Å². The molecule has 0 unspecified atom stereocenters. The number of likely N-dealkylation sites (N-methyl/N-ethyl adjacent to an activating group) is 2. The van der Waals surface area contributed by atoms with Crippen molar-refractivity contribution >= 4 is 26.7 Å². The lowest BCUT2D eigenvalue weighted by Gasteiger charge is -2.19. The number of nitrogens with zero attached hydrogens (tertiary/aromatic N) is 3. The van der Waals surface area contributed by atoms with Crippen molar-refractivity contribution in [1.29, 1.82) is 0 Å². The molecule has 98 valence electrons. The predicted octanol–water partition coefficient (Wildman–Crippen LogP) is 1.87. The maximum absolute atomic E-state index is 5.71. The third kappa shape index (κ3) is 3.41. The van der Waals surface area contributed by atoms with E-state index in [1.807, 2.05) is 0 Å². The topological polar surface area (TPSA) is 45.4 Å². The Labute approximate surface area is 112 Å². The maximum atomic E-state index is 5.71. The van der Waals surface area contributed by atoms with Gasteiger partial charge in [0, 0.05) is 19.6 Å². The molecule has 0 fully saturated rings. The van der Waals surface area contributed by atoms with Crippen LogP contribution in [0.15, 0.2) is 18.2 Å². The van der Waals surface area contributed by atoms with Crippen molar-refractivity contribution in [3.05, 3.63) is 23.8 Å². The summed E-state index contributed by atoms with van der Waals surface area (Å²) in [5.74, 6) is 0. The zero-order chi connectivity index (χ0) is 13.1. The first-order chi connectivity index (χ1) is 8.54. The summed E-state index contributed by atoms with van der Waals surface area (Å²) in [5.41, 5.74) is 8.02. The van der Waals surface area contributed by atoms with Gasteiger partial charge in [0.15, 0.2) is 5.13 Å². The first kappa shape index (κ1) is 13.3. The van der Waals surface area contributed by atoms with Crippen LogP contribution < -0.4 is 5.73 Å². The number of thiazole rings is 1. The number of nitrogens with two attached hydrogens (primary N) is 1. The van der Waals surface area contributed by atoms with Crippen LogP contribution in [0, 0.1) is 0 Å². The molecule has 0 atom stereocenters. The number of fused-ring (bicyclic) bond motifs is 1. The van der Waals surface area contributed by atoms with Crippen molar-refractivity contribution in [3.63, 3.8) is 0 Å². The van der Waals surface area contributed by atoms with Crippen molar-refractivity contribution in [1.82, 2.24) is 14.8 Å². The van der Waals surface area contributed by atoms with Crippen LogP contribution in [-0.2, 0) is 6.54 Å². The van der Waals surface area contributed by atoms with Crippen molar-refractivity contribution < 1.29 is 0 Å². The van der Waals surface area contributed by atoms with Gasteiger partial charge in [0.1, 0.15) is 0 Å². The quantitative estimate of drug-likeness (QED) is 0.895. The third-order valence-electron chi connectivity index (χ3n) is 2.85. The Hall–Kier alpha value is -1.17. The van der Waals surface area contributed by atoms with E-state index in [9.17, 15) is 0 Å². The summed E-state index contributed by atoms with van der Waals surface area (Å²) in [7, 11) is 6.34. The Morgan fingerprint density at radius 3 is 2.72 bits per heavy atom. The molecule has 0 radical (unpaired) electrons. The number of nitrogen functional groups attached to an aromatic ring is 1. The predicted molar refractivity (Wildman–Crippen MR) is 78.9 cm³/mol. The number of aromatic nitrogens is 1. The zero-order valence-electron chi connectivity index (χ0n) is 11.2. The molecule has 2 N–H and O–H groups in total. The Bertz CT molecular complexity index is 521. The van der Waals surface area contributed by atoms with Crippen LogP contribution in [0.2, 0.25) is 0 Å². The molecule has 1 heterocycles. The van der Waals surface area contributed by atoms with E-state index >= 15 is 0 Å². The van der Waals surface area contributed by atoms with Gasteiger partial charge < -0.3 is 15.5 Å². The van der Waals surface area contributed by atoms with Gasteiger partial charge in [-0.3, -0.25) is 0 Å². The number of hydrogen-bond donors (Lipinski definition) is 1. The van der Waals surface area contributed by atoms with Gasteiger partial charge in [0.2, 0.25) is 0 Å². The van der Waals surface area contributed by atoms with Crippen LogP contribution in [0.4, 0.5) is 5.13 Å². The number of anilines is 1. The molecule has 0 aliphatic carbocycles. The SMILES string of the molecule is CN(C)CCN(C)Cc1ccc2nc(N)sc2c1. The first-order valence-electron chi connectivity index (χ1n) is 6.03. The van der Waals surface area contributed by atoms with Crippen molar-refractivity contribution in [2.45, 2.75) is 6.54 Å². The fourth-order valence-electron chi connectivity index (χ4n) is 1.85. The third-order valence-corrected chi connectivity index (χ3v) is 3.70. The lowest BCUT2D eigenvalue weighted by molar-refractivity contribution is 0.276. The van der Waals surface area contributed by atoms with E-state index in [4.69, 9.17) is 5.73 Å². The molecule has 0 aliphatic rings. The molecule has 0 aliphatic heterocycles. The molecule has 0 bridgehead atoms. The maximum Gasteiger partial charge on any atom is 0.181 e. The number of hydrogen-bond acceptors (Lipinski definition) is 5. The van der Waals surface area contributed by atoms with Crippen LogP contribution in [-0.4, -0.2) is 49.0 Å². The minimum absolute atomic E-state index is 0.642. The standard InChI is InChI=1S/C13H20N4S/c1-16(2)6-7-17(3)9-10-4-5-11-12(8-10)18-13(14)15-11/h4-5,8H,6-7,9H2,1-3H3,(H2,14,15). The van der Waals surface area contributed by atoms with Gasteiger partial charge in [-0.05, 0) is 38.8 Å². The molecular weight excluding hydrogens is 244 g/mol. The summed E-state index contributed by atoms with van der Waals surface area (Å²) < 4.78 is 1.17. The summed E-state index contributed by atoms with van der Waals surface area (Å²) in [5, 5.41) is 0.642. The highest BCUT2D eigenvalue weighted by Crippen LogP contribution is 2.24. The van der Waals surface area contributed by atoms with Gasteiger partial charge in [-0.25, -0.2) is 4.98 Å². The van der Waals surface area contributed by atoms with Gasteiger partial charge >= 0.3 is 0 Å². The smallest absolute Gasteiger partial charge is 0.181 e. The molecule has 2 rings (SSSR count). The van der Waals surface area contributed by atoms with E-state index in [0.29, 0.717) is 5.13 Å². The Kier molecular flexibility index (Phi) is 4.16. The number of rotatable bonds is 5. The molecule has 0 saturated carbocycles. The summed E-state index contributed by atoms with van der Waals surface area (Å²) in [6.45, 7) is 3.10. The summed E-state index contributed by atoms with van der Waals surface area (Å²) in [6.07, 6.45) is 0. The highest BCUT2D eigenvalue weighted by Gasteiger charge is 2.05. The van der Waals surface area contributed by atoms with Gasteiger partial charge in [-0.1, -0.05) is 17.4 Å². The lowest BCUT2D eigenvalue weighted by atomic mass is 10.2. The number of benzene rings is 1. The monoisotopic (exact) mass is 264 g/mol. The van der Waals surface area contributed by atoms with Crippen molar-refractivity contribution in [2.24, 2.45) is 0 Å². The highest BCUT2D eigenvalue weighted by atomic mass is 32.1. The zero-order valence-corrected chi connectivity index (χ0v) is 12.0. The second kappa shape index (κ2) is 5.65. The Morgan fingerprint density at radius 1 is 1.22 bits per heavy atom. The molecule has 1 aromatic carbocycles. The van der Waals surface area contributed by atoms with Crippen LogP contribution in [0.1, 0.15) is 5.56 Å². The average Bonchev–Trinajstić information content (AvgIpc) is 2.66. The molecule has 0 saturated heterocycles. The van der Waals surface area contributed by atoms with Gasteiger partial charge in [0.05, 0.1) is 10.2 Å². The highest BCUT2D eigenvalue weighted by molar-refractivity contribution is 7.22. The Morgan fingerprint density at radius 2 is 2.00 bits per heavy atom. The first-order valence-corrected chi connectivity index (χ1v) is 6.84. The largest absolute Gasteiger partial charge is 0.375 e. The second-order valence-electron chi connectivity index (χ2n) is 4.90. The molecule has 4 nitrogen and oxygen atoms in total. The van der Waals surface area contributed by atoms with Crippen molar-refractivity contribution in [2.75, 3.05) is 40.0 Å². The van der Waals surface area contributed by atoms with Crippen LogP contribution in [0.5, 0.6) is 0 Å². The normalized spacial score (nSPS) is 11.8. The Balaban J connectivity index is 2.02. The fraction of sp³-hybridized carbons (Fsp3) is 0.462. The minimum atomic E-state index is 0.642. The summed E-state index contributed by atoms with van der Waals surface area (Å²) in [6, 6.07) is 6.38. The van der Waals surface area contributed by atoms with Gasteiger partial charge in [-0.2, -0.15) is 0 Å². The average molecular weight is 264 g/mol.